The Labute approximate surface area is 89.2 Å². The third kappa shape index (κ3) is 4.87. The summed E-state index contributed by atoms with van der Waals surface area (Å²) in [5.41, 5.74) is 6.68. The molecule has 0 bridgehead atoms. The fourth-order valence-corrected chi connectivity index (χ4v) is 1.14. The Morgan fingerprint density at radius 3 is 2.29 bits per heavy atom. The highest BCUT2D eigenvalue weighted by Crippen LogP contribution is 2.10. The van der Waals surface area contributed by atoms with E-state index < -0.39 is 0 Å². The second-order valence-corrected chi connectivity index (χ2v) is 2.90. The predicted molar refractivity (Wildman–Crippen MR) is 66.8 cm³/mol. The van der Waals surface area contributed by atoms with E-state index in [1.165, 1.54) is 5.69 Å². The first kappa shape index (κ1) is 13.0. The Hall–Kier alpha value is -1.02. The van der Waals surface area contributed by atoms with Crippen LogP contribution in [0.15, 0.2) is 30.3 Å². The summed E-state index contributed by atoms with van der Waals surface area (Å²) in [6.07, 6.45) is 1.05. The van der Waals surface area contributed by atoms with Crippen LogP contribution >= 0.6 is 0 Å². The number of nitrogens with zero attached hydrogens (tertiary/aromatic N) is 1. The molecule has 0 amide bonds. The zero-order valence-electron chi connectivity index (χ0n) is 9.53. The largest absolute Gasteiger partial charge is 0.375 e. The van der Waals surface area contributed by atoms with E-state index in [1.54, 1.807) is 0 Å². The summed E-state index contributed by atoms with van der Waals surface area (Å²) >= 11 is 0. The number of hydrogen-bond acceptors (Lipinski definition) is 2. The van der Waals surface area contributed by atoms with Crippen molar-refractivity contribution < 1.29 is 1.43 Å². The molecule has 2 nitrogen and oxygen atoms in total. The van der Waals surface area contributed by atoms with Gasteiger partial charge in [-0.2, -0.15) is 0 Å². The average molecular weight is 196 g/mol. The van der Waals surface area contributed by atoms with Crippen molar-refractivity contribution in [3.8, 4) is 0 Å². The van der Waals surface area contributed by atoms with Crippen molar-refractivity contribution in [3.05, 3.63) is 30.3 Å². The standard InChI is InChI=1S/C10H16N2.C2H6.H2/c1-12(9-5-8-11)10-6-3-2-4-7-10;1-2;/h2-4,6-7H,5,8-9,11H2,1H3;1-2H3;1H. The van der Waals surface area contributed by atoms with E-state index in [2.05, 4.69) is 24.1 Å². The maximum absolute atomic E-state index is 5.43. The normalized spacial score (nSPS) is 8.86. The highest BCUT2D eigenvalue weighted by Gasteiger charge is 1.96. The zero-order chi connectivity index (χ0) is 10.8. The molecule has 0 saturated heterocycles. The molecule has 2 N–H and O–H groups in total. The van der Waals surface area contributed by atoms with Gasteiger partial charge >= 0.3 is 0 Å². The minimum atomic E-state index is 0. The molecule has 2 heteroatoms. The van der Waals surface area contributed by atoms with E-state index in [1.807, 2.05) is 32.0 Å². The van der Waals surface area contributed by atoms with Crippen molar-refractivity contribution in [2.45, 2.75) is 20.3 Å². The summed E-state index contributed by atoms with van der Waals surface area (Å²) in [6, 6.07) is 10.3. The number of hydrogen-bond donors (Lipinski definition) is 1. The van der Waals surface area contributed by atoms with Gasteiger partial charge in [-0.05, 0) is 25.1 Å². The van der Waals surface area contributed by atoms with Crippen LogP contribution in [0, 0.1) is 0 Å². The van der Waals surface area contributed by atoms with Gasteiger partial charge in [0.05, 0.1) is 0 Å². The lowest BCUT2D eigenvalue weighted by molar-refractivity contribution is 0.796. The number of nitrogens with two attached hydrogens (primary N) is 1. The van der Waals surface area contributed by atoms with Gasteiger partial charge in [-0.15, -0.1) is 0 Å². The SMILES string of the molecule is CC.CN(CCCN)c1ccccc1.[HH]. The van der Waals surface area contributed by atoms with E-state index in [4.69, 9.17) is 5.73 Å². The van der Waals surface area contributed by atoms with Crippen LogP contribution in [0.4, 0.5) is 5.69 Å². The Morgan fingerprint density at radius 1 is 1.21 bits per heavy atom. The average Bonchev–Trinajstić information content (AvgIpc) is 2.30. The Bertz CT molecular complexity index is 214. The molecule has 0 fully saturated rings. The summed E-state index contributed by atoms with van der Waals surface area (Å²) in [5.74, 6) is 0. The van der Waals surface area contributed by atoms with Crippen molar-refractivity contribution in [3.63, 3.8) is 0 Å². The minimum Gasteiger partial charge on any atom is -0.375 e. The van der Waals surface area contributed by atoms with Crippen LogP contribution < -0.4 is 10.6 Å². The minimum absolute atomic E-state index is 0. The third-order valence-electron chi connectivity index (χ3n) is 1.89. The smallest absolute Gasteiger partial charge is 0.0363 e. The van der Waals surface area contributed by atoms with Crippen molar-refractivity contribution in [1.29, 1.82) is 0 Å². The van der Waals surface area contributed by atoms with Gasteiger partial charge in [-0.1, -0.05) is 32.0 Å². The van der Waals surface area contributed by atoms with Gasteiger partial charge in [0.1, 0.15) is 0 Å². The van der Waals surface area contributed by atoms with Gasteiger partial charge in [0.25, 0.3) is 0 Å². The van der Waals surface area contributed by atoms with Gasteiger partial charge in [0.2, 0.25) is 0 Å². The molecule has 0 aliphatic rings. The molecule has 0 atom stereocenters. The second-order valence-electron chi connectivity index (χ2n) is 2.90. The summed E-state index contributed by atoms with van der Waals surface area (Å²) in [4.78, 5) is 2.22. The van der Waals surface area contributed by atoms with Crippen molar-refractivity contribution in [1.82, 2.24) is 0 Å². The van der Waals surface area contributed by atoms with E-state index in [0.717, 1.165) is 19.5 Å². The fourth-order valence-electron chi connectivity index (χ4n) is 1.14. The number of benzene rings is 1. The Kier molecular flexibility index (Phi) is 7.95. The van der Waals surface area contributed by atoms with Crippen LogP contribution in [0.25, 0.3) is 0 Å². The van der Waals surface area contributed by atoms with Gasteiger partial charge in [-0.25, -0.2) is 0 Å². The van der Waals surface area contributed by atoms with Gasteiger partial charge in [0, 0.05) is 20.7 Å². The molecule has 0 unspecified atom stereocenters. The summed E-state index contributed by atoms with van der Waals surface area (Å²) in [6.45, 7) is 5.79. The molecule has 82 valence electrons. The molecule has 0 radical (unpaired) electrons. The first-order valence-electron chi connectivity index (χ1n) is 5.31. The maximum atomic E-state index is 5.43. The zero-order valence-corrected chi connectivity index (χ0v) is 9.53. The molecular formula is C12H24N2. The maximum Gasteiger partial charge on any atom is 0.0363 e. The predicted octanol–water partition coefficient (Wildman–Crippen LogP) is 2.74. The molecule has 0 aliphatic carbocycles. The second kappa shape index (κ2) is 8.57. The molecular weight excluding hydrogens is 172 g/mol. The van der Waals surface area contributed by atoms with Crippen LogP contribution in [0.3, 0.4) is 0 Å². The highest BCUT2D eigenvalue weighted by atomic mass is 15.1. The Morgan fingerprint density at radius 2 is 1.79 bits per heavy atom. The molecule has 0 saturated carbocycles. The molecule has 1 aromatic rings. The van der Waals surface area contributed by atoms with E-state index in [0.29, 0.717) is 0 Å². The van der Waals surface area contributed by atoms with Crippen LogP contribution in [0.5, 0.6) is 0 Å². The van der Waals surface area contributed by atoms with Crippen LogP contribution in [0.2, 0.25) is 0 Å². The van der Waals surface area contributed by atoms with E-state index >= 15 is 0 Å². The lowest BCUT2D eigenvalue weighted by atomic mass is 10.3. The molecule has 0 aromatic heterocycles. The molecule has 14 heavy (non-hydrogen) atoms. The lowest BCUT2D eigenvalue weighted by Gasteiger charge is -2.18. The monoisotopic (exact) mass is 196 g/mol. The quantitative estimate of drug-likeness (QED) is 0.802. The number of anilines is 1. The lowest BCUT2D eigenvalue weighted by Crippen LogP contribution is -2.20. The van der Waals surface area contributed by atoms with Crippen LogP contribution in [-0.4, -0.2) is 20.1 Å². The molecule has 1 rings (SSSR count). The summed E-state index contributed by atoms with van der Waals surface area (Å²) in [5, 5.41) is 0. The van der Waals surface area contributed by atoms with Crippen LogP contribution in [0.1, 0.15) is 21.7 Å². The topological polar surface area (TPSA) is 29.3 Å². The number of rotatable bonds is 4. The fraction of sp³-hybridized carbons (Fsp3) is 0.500. The summed E-state index contributed by atoms with van der Waals surface area (Å²) < 4.78 is 0. The third-order valence-corrected chi connectivity index (χ3v) is 1.89. The van der Waals surface area contributed by atoms with Crippen molar-refractivity contribution >= 4 is 5.69 Å². The molecule has 0 spiro atoms. The highest BCUT2D eigenvalue weighted by molar-refractivity contribution is 5.44. The van der Waals surface area contributed by atoms with Gasteiger partial charge < -0.3 is 10.6 Å². The summed E-state index contributed by atoms with van der Waals surface area (Å²) in [7, 11) is 2.09. The Balaban J connectivity index is 0. The molecule has 0 aliphatic heterocycles. The first-order valence-corrected chi connectivity index (χ1v) is 5.31. The number of para-hydroxylation sites is 1. The van der Waals surface area contributed by atoms with Crippen LogP contribution in [-0.2, 0) is 0 Å². The first-order chi connectivity index (χ1) is 6.84. The van der Waals surface area contributed by atoms with Gasteiger partial charge in [-0.3, -0.25) is 0 Å². The van der Waals surface area contributed by atoms with Crippen molar-refractivity contribution in [2.75, 3.05) is 25.0 Å². The van der Waals surface area contributed by atoms with E-state index in [-0.39, 0.29) is 1.43 Å². The molecule has 0 heterocycles. The van der Waals surface area contributed by atoms with Gasteiger partial charge in [0.15, 0.2) is 0 Å². The van der Waals surface area contributed by atoms with Crippen molar-refractivity contribution in [2.24, 2.45) is 5.73 Å². The van der Waals surface area contributed by atoms with E-state index in [9.17, 15) is 0 Å². The molecule has 1 aromatic carbocycles.